The van der Waals surface area contributed by atoms with Gasteiger partial charge in [0.2, 0.25) is 0 Å². The summed E-state index contributed by atoms with van der Waals surface area (Å²) in [6.07, 6.45) is 1.48. The number of nitrogens with one attached hydrogen (secondary N) is 1. The molecule has 0 radical (unpaired) electrons. The van der Waals surface area contributed by atoms with Crippen molar-refractivity contribution < 1.29 is 9.59 Å². The zero-order valence-corrected chi connectivity index (χ0v) is 20.6. The lowest BCUT2D eigenvalue weighted by atomic mass is 10.1. The van der Waals surface area contributed by atoms with Gasteiger partial charge in [0.25, 0.3) is 11.8 Å². The molecular weight excluding hydrogens is 507 g/mol. The maximum atomic E-state index is 13.2. The number of hydrogen-bond acceptors (Lipinski definition) is 5. The van der Waals surface area contributed by atoms with Gasteiger partial charge in [-0.15, -0.1) is 0 Å². The lowest BCUT2D eigenvalue weighted by Crippen LogP contribution is -2.19. The molecule has 0 spiro atoms. The molecule has 12 heteroatoms. The van der Waals surface area contributed by atoms with E-state index >= 15 is 0 Å². The van der Waals surface area contributed by atoms with E-state index in [2.05, 4.69) is 19.8 Å². The van der Waals surface area contributed by atoms with E-state index in [-0.39, 0.29) is 43.5 Å². The topological polar surface area (TPSA) is 113 Å². The zero-order valence-electron chi connectivity index (χ0n) is 17.5. The predicted molar refractivity (Wildman–Crippen MR) is 131 cm³/mol. The molecule has 170 valence electrons. The molecule has 1 aromatic carbocycles. The maximum absolute atomic E-state index is 13.2. The molecule has 0 bridgehead atoms. The van der Waals surface area contributed by atoms with Crippen molar-refractivity contribution in [3.05, 3.63) is 68.5 Å². The van der Waals surface area contributed by atoms with Crippen LogP contribution in [0.15, 0.2) is 40.9 Å². The van der Waals surface area contributed by atoms with Crippen LogP contribution in [0.25, 0.3) is 5.82 Å². The fraction of sp³-hybridized carbons (Fsp3) is 0.190. The highest BCUT2D eigenvalue weighted by molar-refractivity contribution is 7.87. The van der Waals surface area contributed by atoms with Crippen LogP contribution in [0, 0.1) is 11.3 Å². The summed E-state index contributed by atoms with van der Waals surface area (Å²) in [5.41, 5.74) is 0.0531. The molecule has 0 fully saturated rings. The molecule has 0 saturated heterocycles. The average molecular weight is 524 g/mol. The highest BCUT2D eigenvalue weighted by Crippen LogP contribution is 2.32. The monoisotopic (exact) mass is 522 g/mol. The fourth-order valence-corrected chi connectivity index (χ4v) is 4.58. The Morgan fingerprint density at radius 2 is 1.91 bits per heavy atom. The lowest BCUT2D eigenvalue weighted by Gasteiger charge is -2.13. The van der Waals surface area contributed by atoms with Gasteiger partial charge in [-0.2, -0.15) is 14.7 Å². The van der Waals surface area contributed by atoms with Crippen LogP contribution in [0.3, 0.4) is 0 Å². The molecule has 0 saturated carbocycles. The number of rotatable bonds is 6. The molecule has 0 atom stereocenters. The number of nitriles is 1. The molecular formula is C21H17Cl3N6O2S. The van der Waals surface area contributed by atoms with Crippen LogP contribution in [-0.4, -0.2) is 38.1 Å². The molecule has 0 unspecified atom stereocenters. The van der Waals surface area contributed by atoms with Crippen molar-refractivity contribution in [1.29, 1.82) is 5.26 Å². The van der Waals surface area contributed by atoms with Crippen molar-refractivity contribution in [1.82, 2.24) is 14.8 Å². The molecule has 2 heterocycles. The van der Waals surface area contributed by atoms with Crippen LogP contribution in [0.2, 0.25) is 15.1 Å². The number of anilines is 1. The summed E-state index contributed by atoms with van der Waals surface area (Å²) in [5.74, 6) is 0.349. The number of halogens is 3. The van der Waals surface area contributed by atoms with Gasteiger partial charge in [-0.1, -0.05) is 59.3 Å². The van der Waals surface area contributed by atoms with E-state index < -0.39 is 22.5 Å². The maximum Gasteiger partial charge on any atom is 0.285 e. The number of nitrogens with zero attached hydrogens (tertiary/aromatic N) is 5. The SMILES string of the molecule is CCS(CC)=NC(=O)c1cc(Cl)cc(Cl)c1NC(=O)c1cc(C#N)nn1-c1ncccc1Cl. The van der Waals surface area contributed by atoms with E-state index in [9.17, 15) is 14.9 Å². The lowest BCUT2D eigenvalue weighted by molar-refractivity contribution is 0.101. The number of aromatic nitrogens is 3. The zero-order chi connectivity index (χ0) is 24.1. The number of hydrogen-bond donors (Lipinski definition) is 1. The van der Waals surface area contributed by atoms with E-state index in [4.69, 9.17) is 34.8 Å². The van der Waals surface area contributed by atoms with Crippen molar-refractivity contribution in [2.24, 2.45) is 4.36 Å². The molecule has 8 nitrogen and oxygen atoms in total. The van der Waals surface area contributed by atoms with E-state index in [0.29, 0.717) is 11.5 Å². The highest BCUT2D eigenvalue weighted by atomic mass is 35.5. The summed E-state index contributed by atoms with van der Waals surface area (Å²) < 4.78 is 5.38. The van der Waals surface area contributed by atoms with E-state index in [1.165, 1.54) is 24.4 Å². The van der Waals surface area contributed by atoms with Crippen LogP contribution in [0.5, 0.6) is 0 Å². The fourth-order valence-electron chi connectivity index (χ4n) is 2.84. The largest absolute Gasteiger partial charge is 0.319 e. The third kappa shape index (κ3) is 5.60. The third-order valence-corrected chi connectivity index (χ3v) is 6.97. The van der Waals surface area contributed by atoms with E-state index in [1.807, 2.05) is 19.9 Å². The van der Waals surface area contributed by atoms with Gasteiger partial charge in [0, 0.05) is 28.8 Å². The summed E-state index contributed by atoms with van der Waals surface area (Å²) in [6.45, 7) is 3.88. The summed E-state index contributed by atoms with van der Waals surface area (Å²) in [4.78, 5) is 30.2. The Balaban J connectivity index is 2.07. The second-order valence-electron chi connectivity index (χ2n) is 6.45. The summed E-state index contributed by atoms with van der Waals surface area (Å²) >= 11 is 18.6. The van der Waals surface area contributed by atoms with Gasteiger partial charge in [-0.25, -0.2) is 9.67 Å². The molecule has 33 heavy (non-hydrogen) atoms. The Morgan fingerprint density at radius 3 is 2.55 bits per heavy atom. The molecule has 1 N–H and O–H groups in total. The van der Waals surface area contributed by atoms with E-state index in [0.717, 1.165) is 4.68 Å². The van der Waals surface area contributed by atoms with Gasteiger partial charge in [0.1, 0.15) is 11.8 Å². The molecule has 3 rings (SSSR count). The minimum Gasteiger partial charge on any atom is -0.319 e. The Labute approximate surface area is 207 Å². The number of amides is 2. The van der Waals surface area contributed by atoms with Crippen LogP contribution < -0.4 is 5.32 Å². The van der Waals surface area contributed by atoms with Crippen LogP contribution in [0.1, 0.15) is 40.4 Å². The van der Waals surface area contributed by atoms with E-state index in [1.54, 1.807) is 12.1 Å². The Kier molecular flexibility index (Phi) is 8.21. The highest BCUT2D eigenvalue weighted by Gasteiger charge is 2.23. The van der Waals surface area contributed by atoms with Gasteiger partial charge < -0.3 is 5.32 Å². The molecule has 0 aliphatic heterocycles. The standard InChI is InChI=1S/C21H17Cl3N6O2S/c1-3-33(4-2)29-20(31)14-8-12(22)9-16(24)18(14)27-21(32)17-10-13(11-25)28-30(17)19-15(23)6-5-7-26-19/h5-10H,3-4H2,1-2H3,(H,27,32). The van der Waals surface area contributed by atoms with Crippen molar-refractivity contribution in [3.63, 3.8) is 0 Å². The normalized spacial score (nSPS) is 10.7. The average Bonchev–Trinajstić information content (AvgIpc) is 3.23. The molecule has 2 amide bonds. The quantitative estimate of drug-likeness (QED) is 0.469. The molecule has 2 aromatic heterocycles. The summed E-state index contributed by atoms with van der Waals surface area (Å²) in [7, 11) is -0.465. The second kappa shape index (κ2) is 10.9. The Morgan fingerprint density at radius 1 is 1.18 bits per heavy atom. The first kappa shape index (κ1) is 24.9. The smallest absolute Gasteiger partial charge is 0.285 e. The first-order valence-electron chi connectivity index (χ1n) is 9.64. The van der Waals surface area contributed by atoms with Crippen molar-refractivity contribution in [2.45, 2.75) is 13.8 Å². The minimum atomic E-state index is -0.686. The number of benzene rings is 1. The van der Waals surface area contributed by atoms with Crippen molar-refractivity contribution >= 4 is 63.0 Å². The second-order valence-corrected chi connectivity index (χ2v) is 9.96. The number of carbonyl (C=O) groups excluding carboxylic acids is 2. The molecule has 3 aromatic rings. The van der Waals surface area contributed by atoms with Gasteiger partial charge in [-0.05, 0) is 24.3 Å². The van der Waals surface area contributed by atoms with Gasteiger partial charge in [0.15, 0.2) is 11.5 Å². The number of carbonyl (C=O) groups is 2. The van der Waals surface area contributed by atoms with Gasteiger partial charge >= 0.3 is 0 Å². The first-order valence-corrected chi connectivity index (χ1v) is 12.3. The molecule has 0 aliphatic rings. The first-order chi connectivity index (χ1) is 15.8. The summed E-state index contributed by atoms with van der Waals surface area (Å²) in [6, 6.07) is 9.16. The van der Waals surface area contributed by atoms with Gasteiger partial charge in [-0.3, -0.25) is 9.59 Å². The minimum absolute atomic E-state index is 0.0229. The Hall–Kier alpha value is -2.77. The molecule has 0 aliphatic carbocycles. The predicted octanol–water partition coefficient (Wildman–Crippen LogP) is 5.33. The van der Waals surface area contributed by atoms with Crippen LogP contribution in [0.4, 0.5) is 5.69 Å². The van der Waals surface area contributed by atoms with Crippen molar-refractivity contribution in [3.8, 4) is 11.9 Å². The van der Waals surface area contributed by atoms with Crippen molar-refractivity contribution in [2.75, 3.05) is 16.8 Å². The Bertz CT molecular complexity index is 1310. The third-order valence-electron chi connectivity index (χ3n) is 4.40. The summed E-state index contributed by atoms with van der Waals surface area (Å²) in [5, 5.41) is 16.5. The van der Waals surface area contributed by atoms with Gasteiger partial charge in [0.05, 0.1) is 21.3 Å². The number of pyridine rings is 1. The van der Waals surface area contributed by atoms with Crippen LogP contribution in [-0.2, 0) is 10.7 Å². The van der Waals surface area contributed by atoms with Crippen LogP contribution >= 0.6 is 34.8 Å².